The summed E-state index contributed by atoms with van der Waals surface area (Å²) in [6.45, 7) is -1.25. The van der Waals surface area contributed by atoms with Crippen molar-refractivity contribution in [2.75, 3.05) is 12.9 Å². The maximum atomic E-state index is 11.9. The van der Waals surface area contributed by atoms with Gasteiger partial charge < -0.3 is 4.74 Å². The lowest BCUT2D eigenvalue weighted by Crippen LogP contribution is -2.11. The van der Waals surface area contributed by atoms with Crippen LogP contribution in [0.5, 0.6) is 5.88 Å². The molecule has 0 bridgehead atoms. The molecule has 0 aliphatic carbocycles. The fraction of sp³-hybridized carbons (Fsp3) is 0.500. The molecule has 9 heteroatoms. The molecule has 1 aromatic heterocycles. The zero-order valence-electron chi connectivity index (χ0n) is 8.84. The predicted octanol–water partition coefficient (Wildman–Crippen LogP) is 0.597. The Kier molecular flexibility index (Phi) is 4.70. The van der Waals surface area contributed by atoms with Crippen molar-refractivity contribution in [1.82, 2.24) is 9.97 Å². The van der Waals surface area contributed by atoms with Gasteiger partial charge in [-0.25, -0.2) is 13.8 Å². The second kappa shape index (κ2) is 5.82. The summed E-state index contributed by atoms with van der Waals surface area (Å²) in [7, 11) is -3.64. The van der Waals surface area contributed by atoms with Crippen LogP contribution in [-0.2, 0) is 20.9 Å². The Morgan fingerprint density at radius 1 is 1.35 bits per heavy atom. The molecular weight excluding hydrogens is 258 g/mol. The van der Waals surface area contributed by atoms with Crippen LogP contribution in [0, 0.1) is 0 Å². The minimum Gasteiger partial charge on any atom is -0.470 e. The van der Waals surface area contributed by atoms with Crippen molar-refractivity contribution in [2.45, 2.75) is 13.0 Å². The molecule has 1 rings (SSSR count). The van der Waals surface area contributed by atoms with Gasteiger partial charge in [0.25, 0.3) is 16.5 Å². The van der Waals surface area contributed by atoms with Crippen molar-refractivity contribution in [3.63, 3.8) is 0 Å². The smallest absolute Gasteiger partial charge is 0.272 e. The van der Waals surface area contributed by atoms with Gasteiger partial charge in [-0.3, -0.25) is 9.17 Å². The summed E-state index contributed by atoms with van der Waals surface area (Å²) < 4.78 is 54.5. The van der Waals surface area contributed by atoms with Gasteiger partial charge in [-0.05, 0) is 0 Å². The van der Waals surface area contributed by atoms with Gasteiger partial charge in [0.05, 0.1) is 6.26 Å². The number of hydrogen-bond donors (Lipinski definition) is 0. The van der Waals surface area contributed by atoms with E-state index in [0.29, 0.717) is 0 Å². The molecule has 0 fully saturated rings. The van der Waals surface area contributed by atoms with Crippen molar-refractivity contribution in [3.8, 4) is 5.88 Å². The second-order valence-electron chi connectivity index (χ2n) is 2.98. The van der Waals surface area contributed by atoms with E-state index in [1.165, 1.54) is 12.4 Å². The van der Waals surface area contributed by atoms with E-state index in [9.17, 15) is 17.2 Å². The van der Waals surface area contributed by atoms with E-state index in [4.69, 9.17) is 0 Å². The summed E-state index contributed by atoms with van der Waals surface area (Å²) in [4.78, 5) is 7.40. The molecule has 1 aromatic rings. The van der Waals surface area contributed by atoms with Crippen LogP contribution in [0.3, 0.4) is 0 Å². The molecule has 0 saturated carbocycles. The van der Waals surface area contributed by atoms with Crippen LogP contribution in [0.15, 0.2) is 12.4 Å². The quantitative estimate of drug-likeness (QED) is 0.703. The molecule has 0 aromatic carbocycles. The second-order valence-corrected chi connectivity index (χ2v) is 4.62. The van der Waals surface area contributed by atoms with Crippen LogP contribution in [-0.4, -0.2) is 37.7 Å². The van der Waals surface area contributed by atoms with Crippen LogP contribution >= 0.6 is 0 Å². The van der Waals surface area contributed by atoms with Gasteiger partial charge in [0, 0.05) is 12.4 Å². The molecule has 6 nitrogen and oxygen atoms in total. The lowest BCUT2D eigenvalue weighted by atomic mass is 10.4. The van der Waals surface area contributed by atoms with E-state index in [0.717, 1.165) is 6.26 Å². The minimum atomic E-state index is -3.64. The molecule has 1 heterocycles. The maximum absolute atomic E-state index is 11.9. The molecule has 0 aliphatic heterocycles. The van der Waals surface area contributed by atoms with E-state index in [1.54, 1.807) is 0 Å². The lowest BCUT2D eigenvalue weighted by Gasteiger charge is -2.08. The Bertz CT molecular complexity index is 466. The van der Waals surface area contributed by atoms with Crippen molar-refractivity contribution in [2.24, 2.45) is 0 Å². The normalized spacial score (nSPS) is 11.8. The maximum Gasteiger partial charge on any atom is 0.272 e. The van der Waals surface area contributed by atoms with E-state index >= 15 is 0 Å². The highest BCUT2D eigenvalue weighted by atomic mass is 32.2. The number of rotatable bonds is 6. The van der Waals surface area contributed by atoms with Gasteiger partial charge in [0.1, 0.15) is 12.3 Å². The molecule has 0 amide bonds. The first-order valence-corrected chi connectivity index (χ1v) is 6.25. The Morgan fingerprint density at radius 3 is 2.59 bits per heavy atom. The van der Waals surface area contributed by atoms with Gasteiger partial charge in [0.2, 0.25) is 5.88 Å². The van der Waals surface area contributed by atoms with E-state index < -0.39 is 29.8 Å². The Morgan fingerprint density at radius 2 is 2.00 bits per heavy atom. The van der Waals surface area contributed by atoms with Crippen LogP contribution in [0.1, 0.15) is 5.69 Å². The fourth-order valence-corrected chi connectivity index (χ4v) is 1.20. The van der Waals surface area contributed by atoms with Crippen molar-refractivity contribution >= 4 is 10.1 Å². The van der Waals surface area contributed by atoms with E-state index in [-0.39, 0.29) is 11.6 Å². The highest BCUT2D eigenvalue weighted by Gasteiger charge is 2.12. The van der Waals surface area contributed by atoms with Gasteiger partial charge in [-0.2, -0.15) is 8.42 Å². The number of halogens is 2. The standard InChI is InChI=1S/C8H10F2N2O4S/c1-17(13,14)16-4-6-8(12-3-2-11-6)15-5-7(9)10/h2-3,7H,4-5H2,1H3. The van der Waals surface area contributed by atoms with Crippen LogP contribution in [0.2, 0.25) is 0 Å². The van der Waals surface area contributed by atoms with Crippen LogP contribution in [0.4, 0.5) is 8.78 Å². The molecule has 0 N–H and O–H groups in total. The highest BCUT2D eigenvalue weighted by Crippen LogP contribution is 2.14. The summed E-state index contributed by atoms with van der Waals surface area (Å²) in [5.74, 6) is -0.170. The number of alkyl halides is 2. The van der Waals surface area contributed by atoms with Gasteiger partial charge in [-0.1, -0.05) is 0 Å². The number of hydrogen-bond acceptors (Lipinski definition) is 6. The molecule has 0 spiro atoms. The number of aromatic nitrogens is 2. The summed E-state index contributed by atoms with van der Waals surface area (Å²) in [5.41, 5.74) is 0.0403. The van der Waals surface area contributed by atoms with Crippen LogP contribution < -0.4 is 4.74 Å². The molecule has 0 unspecified atom stereocenters. The Hall–Kier alpha value is -1.35. The molecular formula is C8H10F2N2O4S. The summed E-state index contributed by atoms with van der Waals surface area (Å²) in [6, 6.07) is 0. The zero-order chi connectivity index (χ0) is 12.9. The Balaban J connectivity index is 2.70. The lowest BCUT2D eigenvalue weighted by molar-refractivity contribution is 0.0780. The Labute approximate surface area is 96.7 Å². The SMILES string of the molecule is CS(=O)(=O)OCc1nccnc1OCC(F)F. The topological polar surface area (TPSA) is 78.4 Å². The third-order valence-electron chi connectivity index (χ3n) is 1.49. The van der Waals surface area contributed by atoms with Crippen molar-refractivity contribution in [3.05, 3.63) is 18.1 Å². The van der Waals surface area contributed by atoms with E-state index in [1.807, 2.05) is 0 Å². The minimum absolute atomic E-state index is 0.0403. The molecule has 0 saturated heterocycles. The first-order chi connectivity index (χ1) is 7.88. The monoisotopic (exact) mass is 268 g/mol. The first kappa shape index (κ1) is 13.7. The van der Waals surface area contributed by atoms with Crippen molar-refractivity contribution in [1.29, 1.82) is 0 Å². The van der Waals surface area contributed by atoms with E-state index in [2.05, 4.69) is 18.9 Å². The predicted molar refractivity (Wildman–Crippen MR) is 53.2 cm³/mol. The fourth-order valence-electron chi connectivity index (χ4n) is 0.878. The number of nitrogens with zero attached hydrogens (tertiary/aromatic N) is 2. The highest BCUT2D eigenvalue weighted by molar-refractivity contribution is 7.85. The number of ether oxygens (including phenoxy) is 1. The molecule has 0 aliphatic rings. The third-order valence-corrected chi connectivity index (χ3v) is 2.04. The van der Waals surface area contributed by atoms with Gasteiger partial charge in [0.15, 0.2) is 6.61 Å². The van der Waals surface area contributed by atoms with Gasteiger partial charge in [-0.15, -0.1) is 0 Å². The average molecular weight is 268 g/mol. The van der Waals surface area contributed by atoms with Crippen molar-refractivity contribution < 1.29 is 26.1 Å². The first-order valence-electron chi connectivity index (χ1n) is 4.43. The molecule has 0 atom stereocenters. The molecule has 96 valence electrons. The zero-order valence-corrected chi connectivity index (χ0v) is 9.65. The summed E-state index contributed by atoms with van der Waals surface area (Å²) in [5, 5.41) is 0. The van der Waals surface area contributed by atoms with Gasteiger partial charge >= 0.3 is 0 Å². The molecule has 17 heavy (non-hydrogen) atoms. The average Bonchev–Trinajstić information content (AvgIpc) is 2.23. The summed E-state index contributed by atoms with van der Waals surface area (Å²) >= 11 is 0. The molecule has 0 radical (unpaired) electrons. The van der Waals surface area contributed by atoms with Crippen LogP contribution in [0.25, 0.3) is 0 Å². The third kappa shape index (κ3) is 5.50. The largest absolute Gasteiger partial charge is 0.470 e. The summed E-state index contributed by atoms with van der Waals surface area (Å²) in [6.07, 6.45) is 0.727.